The maximum Gasteiger partial charge on any atom is 0.325 e. The van der Waals surface area contributed by atoms with Crippen molar-refractivity contribution in [3.63, 3.8) is 0 Å². The minimum absolute atomic E-state index is 0.0506. The van der Waals surface area contributed by atoms with Crippen LogP contribution in [0.3, 0.4) is 0 Å². The fourth-order valence-electron chi connectivity index (χ4n) is 3.89. The van der Waals surface area contributed by atoms with Crippen LogP contribution in [0, 0.1) is 5.82 Å². The number of fused-ring (bicyclic) bond motifs is 2. The number of hydrogen-bond donors (Lipinski definition) is 2. The van der Waals surface area contributed by atoms with Crippen LogP contribution in [0.25, 0.3) is 0 Å². The summed E-state index contributed by atoms with van der Waals surface area (Å²) in [4.78, 5) is 38.7. The largest absolute Gasteiger partial charge is 0.325 e. The molecule has 33 heavy (non-hydrogen) atoms. The van der Waals surface area contributed by atoms with Crippen molar-refractivity contribution in [2.45, 2.75) is 21.8 Å². The molecule has 2 aromatic rings. The Labute approximate surface area is 188 Å². The Morgan fingerprint density at radius 3 is 2.48 bits per heavy atom. The van der Waals surface area contributed by atoms with Crippen molar-refractivity contribution in [1.82, 2.24) is 10.2 Å². The number of rotatable bonds is 4. The van der Waals surface area contributed by atoms with Crippen molar-refractivity contribution in [3.05, 3.63) is 53.8 Å². The molecular formula is C20H18FN3O7S2. The molecule has 0 radical (unpaired) electrons. The van der Waals surface area contributed by atoms with Gasteiger partial charge in [0.15, 0.2) is 19.7 Å². The first-order valence-corrected chi connectivity index (χ1v) is 13.1. The summed E-state index contributed by atoms with van der Waals surface area (Å²) in [6, 6.07) is 7.28. The van der Waals surface area contributed by atoms with Crippen molar-refractivity contribution >= 4 is 43.2 Å². The molecule has 2 heterocycles. The van der Waals surface area contributed by atoms with Gasteiger partial charge in [0.1, 0.15) is 17.9 Å². The van der Waals surface area contributed by atoms with Gasteiger partial charge in [0.05, 0.1) is 15.5 Å². The number of nitrogens with one attached hydrogen (secondary N) is 2. The van der Waals surface area contributed by atoms with Crippen LogP contribution in [-0.4, -0.2) is 58.1 Å². The van der Waals surface area contributed by atoms with Crippen LogP contribution in [0.2, 0.25) is 0 Å². The third-order valence-electron chi connectivity index (χ3n) is 5.53. The smallest absolute Gasteiger partial charge is 0.325 e. The zero-order chi connectivity index (χ0) is 24.2. The van der Waals surface area contributed by atoms with Crippen molar-refractivity contribution in [2.24, 2.45) is 0 Å². The lowest BCUT2D eigenvalue weighted by Gasteiger charge is -2.32. The second-order valence-corrected chi connectivity index (χ2v) is 11.9. The number of carbonyl (C=O) groups excluding carboxylic acids is 3. The first kappa shape index (κ1) is 22.9. The lowest BCUT2D eigenvalue weighted by molar-refractivity contribution is -0.134. The van der Waals surface area contributed by atoms with Crippen LogP contribution in [0.4, 0.5) is 14.9 Å². The highest BCUT2D eigenvalue weighted by molar-refractivity contribution is 7.91. The summed E-state index contributed by atoms with van der Waals surface area (Å²) in [5.41, 5.74) is -1.73. The Balaban J connectivity index is 1.57. The molecule has 13 heteroatoms. The molecule has 2 aliphatic rings. The Hall–Kier alpha value is -3.32. The number of carbonyl (C=O) groups is 3. The summed E-state index contributed by atoms with van der Waals surface area (Å²) < 4.78 is 61.8. The summed E-state index contributed by atoms with van der Waals surface area (Å²) in [6.07, 6.45) is 0.732. The molecule has 1 spiro atoms. The first-order chi connectivity index (χ1) is 15.3. The van der Waals surface area contributed by atoms with Gasteiger partial charge in [0.2, 0.25) is 5.91 Å². The second kappa shape index (κ2) is 7.63. The molecule has 174 valence electrons. The number of halogens is 1. The minimum Gasteiger partial charge on any atom is -0.325 e. The average molecular weight is 496 g/mol. The fraction of sp³-hybridized carbons (Fsp3) is 0.250. The van der Waals surface area contributed by atoms with E-state index in [-0.39, 0.29) is 27.5 Å². The van der Waals surface area contributed by atoms with Gasteiger partial charge in [-0.15, -0.1) is 0 Å². The number of imide groups is 1. The first-order valence-electron chi connectivity index (χ1n) is 9.60. The van der Waals surface area contributed by atoms with E-state index in [2.05, 4.69) is 10.6 Å². The highest BCUT2D eigenvalue weighted by Crippen LogP contribution is 2.41. The van der Waals surface area contributed by atoms with Crippen molar-refractivity contribution in [1.29, 1.82) is 0 Å². The van der Waals surface area contributed by atoms with Crippen LogP contribution in [0.15, 0.2) is 52.3 Å². The van der Waals surface area contributed by atoms with E-state index in [0.29, 0.717) is 4.90 Å². The highest BCUT2D eigenvalue weighted by Gasteiger charge is 2.56. The summed E-state index contributed by atoms with van der Waals surface area (Å²) >= 11 is 0. The van der Waals surface area contributed by atoms with Crippen LogP contribution < -0.4 is 10.6 Å². The molecule has 1 unspecified atom stereocenters. The van der Waals surface area contributed by atoms with Crippen LogP contribution in [0.5, 0.6) is 0 Å². The van der Waals surface area contributed by atoms with Gasteiger partial charge in [-0.25, -0.2) is 26.0 Å². The fourth-order valence-corrected chi connectivity index (χ4v) is 6.16. The van der Waals surface area contributed by atoms with E-state index in [0.717, 1.165) is 24.5 Å². The molecule has 0 saturated carbocycles. The van der Waals surface area contributed by atoms with E-state index in [1.807, 2.05) is 0 Å². The zero-order valence-corrected chi connectivity index (χ0v) is 18.8. The van der Waals surface area contributed by atoms with Gasteiger partial charge in [-0.05, 0) is 48.9 Å². The zero-order valence-electron chi connectivity index (χ0n) is 17.2. The topological polar surface area (TPSA) is 147 Å². The Morgan fingerprint density at radius 1 is 1.18 bits per heavy atom. The molecule has 10 nitrogen and oxygen atoms in total. The van der Waals surface area contributed by atoms with E-state index in [9.17, 15) is 35.6 Å². The summed E-state index contributed by atoms with van der Waals surface area (Å²) in [5, 5.41) is 4.90. The maximum atomic E-state index is 13.9. The number of hydrogen-bond acceptors (Lipinski definition) is 7. The lowest BCUT2D eigenvalue weighted by atomic mass is 9.86. The molecule has 0 aromatic heterocycles. The Bertz CT molecular complexity index is 1410. The molecule has 1 fully saturated rings. The summed E-state index contributed by atoms with van der Waals surface area (Å²) in [7, 11) is -7.19. The Morgan fingerprint density at radius 2 is 1.85 bits per heavy atom. The summed E-state index contributed by atoms with van der Waals surface area (Å²) in [6.45, 7) is -0.683. The van der Waals surface area contributed by atoms with Gasteiger partial charge in [-0.1, -0.05) is 0 Å². The SMILES string of the molecule is CS(=O)(=O)c1ccc(NC(=O)CN2C(=O)NC3(CCS(=O)(=O)c4ccc(F)cc43)C2=O)cc1. The third-order valence-corrected chi connectivity index (χ3v) is 8.42. The van der Waals surface area contributed by atoms with Gasteiger partial charge in [-0.3, -0.25) is 14.5 Å². The van der Waals surface area contributed by atoms with E-state index in [1.54, 1.807) is 0 Å². The van der Waals surface area contributed by atoms with Gasteiger partial charge >= 0.3 is 6.03 Å². The van der Waals surface area contributed by atoms with E-state index in [4.69, 9.17) is 0 Å². The lowest BCUT2D eigenvalue weighted by Crippen LogP contribution is -2.49. The Kier molecular flexibility index (Phi) is 5.28. The van der Waals surface area contributed by atoms with Crippen molar-refractivity contribution < 1.29 is 35.6 Å². The minimum atomic E-state index is -3.77. The number of urea groups is 1. The van der Waals surface area contributed by atoms with Crippen molar-refractivity contribution in [2.75, 3.05) is 23.9 Å². The van der Waals surface area contributed by atoms with Gasteiger partial charge in [0, 0.05) is 17.5 Å². The summed E-state index contributed by atoms with van der Waals surface area (Å²) in [5.74, 6) is -2.83. The third kappa shape index (κ3) is 3.97. The molecule has 1 saturated heterocycles. The predicted molar refractivity (Wildman–Crippen MR) is 113 cm³/mol. The second-order valence-electron chi connectivity index (χ2n) is 7.78. The molecule has 0 bridgehead atoms. The van der Waals surface area contributed by atoms with Crippen LogP contribution >= 0.6 is 0 Å². The van der Waals surface area contributed by atoms with Gasteiger partial charge in [-0.2, -0.15) is 0 Å². The highest BCUT2D eigenvalue weighted by atomic mass is 32.2. The molecule has 2 aromatic carbocycles. The van der Waals surface area contributed by atoms with E-state index >= 15 is 0 Å². The van der Waals surface area contributed by atoms with Gasteiger partial charge < -0.3 is 10.6 Å². The van der Waals surface area contributed by atoms with E-state index in [1.165, 1.54) is 24.3 Å². The molecule has 4 amide bonds. The average Bonchev–Trinajstić information content (AvgIpc) is 2.96. The number of benzene rings is 2. The van der Waals surface area contributed by atoms with Crippen LogP contribution in [-0.2, 0) is 34.8 Å². The molecule has 2 aliphatic heterocycles. The molecule has 2 N–H and O–H groups in total. The molecular weight excluding hydrogens is 477 g/mol. The van der Waals surface area contributed by atoms with Crippen molar-refractivity contribution in [3.8, 4) is 0 Å². The molecule has 1 atom stereocenters. The quantitative estimate of drug-likeness (QED) is 0.471. The normalized spacial score (nSPS) is 21.6. The number of amides is 4. The van der Waals surface area contributed by atoms with Gasteiger partial charge in [0.25, 0.3) is 5.91 Å². The van der Waals surface area contributed by atoms with E-state index < -0.39 is 61.2 Å². The maximum absolute atomic E-state index is 13.9. The molecule has 0 aliphatic carbocycles. The number of anilines is 1. The number of sulfone groups is 2. The number of nitrogens with zero attached hydrogens (tertiary/aromatic N) is 1. The van der Waals surface area contributed by atoms with Crippen LogP contribution in [0.1, 0.15) is 12.0 Å². The predicted octanol–water partition coefficient (Wildman–Crippen LogP) is 0.792. The standard InChI is InChI=1S/C20H18FN3O7S2/c1-32(28,29)14-5-3-13(4-6-14)22-17(25)11-24-18(26)20(23-19(24)27)8-9-33(30,31)16-7-2-12(21)10-15(16)20/h2-7,10H,8-9,11H2,1H3,(H,22,25)(H,23,27). The monoisotopic (exact) mass is 495 g/mol. The molecule has 4 rings (SSSR count).